The van der Waals surface area contributed by atoms with Crippen molar-refractivity contribution in [2.45, 2.75) is 19.1 Å². The number of anilines is 1. The molecule has 1 fully saturated rings. The van der Waals surface area contributed by atoms with Crippen LogP contribution in [0.5, 0.6) is 0 Å². The maximum atomic E-state index is 12.9. The topological polar surface area (TPSA) is 63.6 Å². The Balaban J connectivity index is 1.30. The molecule has 6 nitrogen and oxygen atoms in total. The van der Waals surface area contributed by atoms with Crippen LogP contribution in [-0.4, -0.2) is 34.4 Å². The van der Waals surface area contributed by atoms with Gasteiger partial charge in [-0.3, -0.25) is 9.59 Å². The van der Waals surface area contributed by atoms with Gasteiger partial charge in [-0.1, -0.05) is 34.1 Å². The molecule has 8 heteroatoms. The van der Waals surface area contributed by atoms with Gasteiger partial charge in [0.1, 0.15) is 6.61 Å². The summed E-state index contributed by atoms with van der Waals surface area (Å²) in [5.41, 5.74) is 6.07. The molecule has 4 heterocycles. The fourth-order valence-corrected chi connectivity index (χ4v) is 5.73. The molecule has 1 N–H and O–H groups in total. The van der Waals surface area contributed by atoms with E-state index in [9.17, 15) is 9.59 Å². The second-order valence-electron chi connectivity index (χ2n) is 8.71. The summed E-state index contributed by atoms with van der Waals surface area (Å²) in [6, 6.07) is 18.3. The summed E-state index contributed by atoms with van der Waals surface area (Å²) >= 11 is 5.17. The van der Waals surface area contributed by atoms with Crippen molar-refractivity contribution >= 4 is 44.8 Å². The molecule has 0 saturated carbocycles. The molecule has 2 aromatic heterocycles. The highest BCUT2D eigenvalue weighted by molar-refractivity contribution is 9.10. The first kappa shape index (κ1) is 22.3. The largest absolute Gasteiger partial charge is 0.344 e. The van der Waals surface area contributed by atoms with Gasteiger partial charge >= 0.3 is 0 Å². The number of halogens is 1. The lowest BCUT2D eigenvalue weighted by Gasteiger charge is -2.23. The highest BCUT2D eigenvalue weighted by Gasteiger charge is 2.35. The lowest BCUT2D eigenvalue weighted by Crippen LogP contribution is -2.30. The number of thiophene rings is 1. The Morgan fingerprint density at radius 1 is 1.09 bits per heavy atom. The summed E-state index contributed by atoms with van der Waals surface area (Å²) in [6.07, 6.45) is 4.83. The highest BCUT2D eigenvalue weighted by Crippen LogP contribution is 2.38. The van der Waals surface area contributed by atoms with E-state index in [2.05, 4.69) is 67.9 Å². The van der Waals surface area contributed by atoms with Crippen LogP contribution in [-0.2, 0) is 27.2 Å². The van der Waals surface area contributed by atoms with Crippen LogP contribution in [0.1, 0.15) is 22.9 Å². The van der Waals surface area contributed by atoms with Gasteiger partial charge in [0.2, 0.25) is 5.91 Å². The van der Waals surface area contributed by atoms with E-state index in [1.54, 1.807) is 11.3 Å². The van der Waals surface area contributed by atoms with E-state index in [1.165, 1.54) is 0 Å². The standard InChI is InChI=1S/C27H22BrN3O3S/c28-19-4-6-20(7-5-19)30-14-21(24-2-1-11-35-24)22(15-30)27-31(26(33)16-34-27)10-9-17-3-8-23-18(12-17)13-25(32)29-23/h1-8,11-12,14-15,27H,9-10,13,16H2,(H,29,32)/t27-/m1/s1. The van der Waals surface area contributed by atoms with Crippen LogP contribution >= 0.6 is 27.3 Å². The van der Waals surface area contributed by atoms with Gasteiger partial charge < -0.3 is 19.5 Å². The first-order valence-corrected chi connectivity index (χ1v) is 13.1. The van der Waals surface area contributed by atoms with Crippen LogP contribution in [0, 0.1) is 0 Å². The Kier molecular flexibility index (Phi) is 5.80. The Bertz CT molecular complexity index is 1410. The molecule has 2 aromatic carbocycles. The molecule has 6 rings (SSSR count). The summed E-state index contributed by atoms with van der Waals surface area (Å²) in [6.45, 7) is 0.609. The van der Waals surface area contributed by atoms with Crippen LogP contribution in [0.3, 0.4) is 0 Å². The van der Waals surface area contributed by atoms with Gasteiger partial charge in [0.25, 0.3) is 5.91 Å². The SMILES string of the molecule is O=C1Cc2cc(CCN3C(=O)CO[C@@H]3c3cn(-c4ccc(Br)cc4)cc3-c3cccs3)ccc2N1. The normalized spacial score (nSPS) is 17.2. The third kappa shape index (κ3) is 4.33. The molecule has 0 aliphatic carbocycles. The number of fused-ring (bicyclic) bond motifs is 1. The zero-order valence-electron chi connectivity index (χ0n) is 18.7. The molecule has 2 amide bonds. The van der Waals surface area contributed by atoms with Crippen molar-refractivity contribution < 1.29 is 14.3 Å². The number of nitrogens with one attached hydrogen (secondary N) is 1. The van der Waals surface area contributed by atoms with Crippen molar-refractivity contribution in [2.24, 2.45) is 0 Å². The lowest BCUT2D eigenvalue weighted by atomic mass is 10.1. The van der Waals surface area contributed by atoms with E-state index in [0.29, 0.717) is 19.4 Å². The number of carbonyl (C=O) groups is 2. The number of benzene rings is 2. The maximum Gasteiger partial charge on any atom is 0.250 e. The Morgan fingerprint density at radius 3 is 2.74 bits per heavy atom. The molecule has 1 atom stereocenters. The molecule has 1 saturated heterocycles. The first-order chi connectivity index (χ1) is 17.0. The number of hydrogen-bond acceptors (Lipinski definition) is 4. The predicted molar refractivity (Wildman–Crippen MR) is 140 cm³/mol. The van der Waals surface area contributed by atoms with Crippen LogP contribution in [0.15, 0.2) is 76.8 Å². The van der Waals surface area contributed by atoms with Crippen molar-refractivity contribution in [3.05, 3.63) is 93.5 Å². The van der Waals surface area contributed by atoms with Crippen LogP contribution in [0.2, 0.25) is 0 Å². The lowest BCUT2D eigenvalue weighted by molar-refractivity contribution is -0.128. The number of nitrogens with zero attached hydrogens (tertiary/aromatic N) is 2. The van der Waals surface area contributed by atoms with Gasteiger partial charge in [0, 0.05) is 50.8 Å². The van der Waals surface area contributed by atoms with Gasteiger partial charge in [-0.05, 0) is 59.3 Å². The van der Waals surface area contributed by atoms with E-state index in [4.69, 9.17) is 4.74 Å². The minimum atomic E-state index is -0.450. The Hall–Kier alpha value is -3.20. The van der Waals surface area contributed by atoms with Crippen LogP contribution in [0.25, 0.3) is 16.1 Å². The number of ether oxygens (including phenoxy) is 1. The molecule has 0 unspecified atom stereocenters. The molecule has 2 aliphatic rings. The van der Waals surface area contributed by atoms with E-state index in [1.807, 2.05) is 35.2 Å². The van der Waals surface area contributed by atoms with Crippen molar-refractivity contribution in [3.8, 4) is 16.1 Å². The molecule has 2 aliphatic heterocycles. The van der Waals surface area contributed by atoms with Crippen molar-refractivity contribution in [1.29, 1.82) is 0 Å². The Morgan fingerprint density at radius 2 is 1.94 bits per heavy atom. The van der Waals surface area contributed by atoms with Gasteiger partial charge in [-0.25, -0.2) is 0 Å². The minimum absolute atomic E-state index is 0.0125. The van der Waals surface area contributed by atoms with E-state index in [-0.39, 0.29) is 18.4 Å². The Labute approximate surface area is 215 Å². The van der Waals surface area contributed by atoms with E-state index in [0.717, 1.165) is 43.0 Å². The molecular formula is C27H22BrN3O3S. The minimum Gasteiger partial charge on any atom is -0.344 e. The molecule has 35 heavy (non-hydrogen) atoms. The molecule has 0 bridgehead atoms. The highest BCUT2D eigenvalue weighted by atomic mass is 79.9. The second kappa shape index (κ2) is 9.11. The molecule has 4 aromatic rings. The summed E-state index contributed by atoms with van der Waals surface area (Å²) in [5.74, 6) is 0.0123. The van der Waals surface area contributed by atoms with Gasteiger partial charge in [-0.2, -0.15) is 0 Å². The summed E-state index contributed by atoms with van der Waals surface area (Å²) in [5, 5.41) is 4.93. The van der Waals surface area contributed by atoms with Crippen LogP contribution < -0.4 is 5.32 Å². The molecule has 176 valence electrons. The first-order valence-electron chi connectivity index (χ1n) is 11.4. The smallest absolute Gasteiger partial charge is 0.250 e. The van der Waals surface area contributed by atoms with Crippen LogP contribution in [0.4, 0.5) is 5.69 Å². The maximum absolute atomic E-state index is 12.9. The number of aromatic nitrogens is 1. The summed E-state index contributed by atoms with van der Waals surface area (Å²) in [7, 11) is 0. The monoisotopic (exact) mass is 547 g/mol. The predicted octanol–water partition coefficient (Wildman–Crippen LogP) is 5.56. The average Bonchev–Trinajstić information content (AvgIpc) is 3.63. The van der Waals surface area contributed by atoms with Gasteiger partial charge in [0.05, 0.1) is 6.42 Å². The van der Waals surface area contributed by atoms with Crippen molar-refractivity contribution in [3.63, 3.8) is 0 Å². The number of amides is 2. The zero-order chi connectivity index (χ0) is 23.9. The van der Waals surface area contributed by atoms with Crippen molar-refractivity contribution in [1.82, 2.24) is 9.47 Å². The quantitative estimate of drug-likeness (QED) is 0.343. The number of rotatable bonds is 6. The third-order valence-electron chi connectivity index (χ3n) is 6.44. The molecule has 0 spiro atoms. The second-order valence-corrected chi connectivity index (χ2v) is 10.6. The van der Waals surface area contributed by atoms with E-state index < -0.39 is 6.23 Å². The fourth-order valence-electron chi connectivity index (χ4n) is 4.71. The number of carbonyl (C=O) groups excluding carboxylic acids is 2. The summed E-state index contributed by atoms with van der Waals surface area (Å²) < 4.78 is 9.16. The van der Waals surface area contributed by atoms with E-state index >= 15 is 0 Å². The third-order valence-corrected chi connectivity index (χ3v) is 7.87. The van der Waals surface area contributed by atoms with Gasteiger partial charge in [0.15, 0.2) is 6.23 Å². The molecular weight excluding hydrogens is 526 g/mol. The average molecular weight is 548 g/mol. The van der Waals surface area contributed by atoms with Gasteiger partial charge in [-0.15, -0.1) is 11.3 Å². The fraction of sp³-hybridized carbons (Fsp3) is 0.185. The zero-order valence-corrected chi connectivity index (χ0v) is 21.1. The summed E-state index contributed by atoms with van der Waals surface area (Å²) in [4.78, 5) is 27.5. The number of hydrogen-bond donors (Lipinski definition) is 1. The molecule has 0 radical (unpaired) electrons. The van der Waals surface area contributed by atoms with Crippen molar-refractivity contribution in [2.75, 3.05) is 18.5 Å².